The first kappa shape index (κ1) is 22.7. The third kappa shape index (κ3) is 3.15. The molecule has 2 fully saturated rings. The van der Waals surface area contributed by atoms with Crippen LogP contribution < -0.4 is 10.1 Å². The van der Waals surface area contributed by atoms with E-state index in [2.05, 4.69) is 21.2 Å². The molecule has 2 aliphatic rings. The van der Waals surface area contributed by atoms with Crippen LogP contribution in [-0.2, 0) is 14.4 Å². The van der Waals surface area contributed by atoms with Crippen molar-refractivity contribution in [1.82, 2.24) is 10.2 Å². The SMILES string of the molecule is CCC(C)C1(C(=O)O)NC(c2cc(Br)ccc2OC)C2C(=O)N(C(C)(C)C)C(=O)C21. The fraction of sp³-hybridized carbons (Fsp3) is 0.591. The van der Waals surface area contributed by atoms with Gasteiger partial charge in [-0.3, -0.25) is 24.6 Å². The highest BCUT2D eigenvalue weighted by Crippen LogP contribution is 2.54. The lowest BCUT2D eigenvalue weighted by molar-refractivity contribution is -0.156. The number of hydrogen-bond donors (Lipinski definition) is 2. The summed E-state index contributed by atoms with van der Waals surface area (Å²) >= 11 is 3.45. The molecular formula is C22H29BrN2O5. The Balaban J connectivity index is 2.27. The van der Waals surface area contributed by atoms with Crippen molar-refractivity contribution in [2.45, 2.75) is 58.2 Å². The minimum atomic E-state index is -1.55. The van der Waals surface area contributed by atoms with Crippen LogP contribution >= 0.6 is 15.9 Å². The van der Waals surface area contributed by atoms with Crippen molar-refractivity contribution in [3.8, 4) is 5.75 Å². The molecule has 2 amide bonds. The Morgan fingerprint density at radius 3 is 2.47 bits per heavy atom. The highest BCUT2D eigenvalue weighted by molar-refractivity contribution is 9.10. The highest BCUT2D eigenvalue weighted by atomic mass is 79.9. The van der Waals surface area contributed by atoms with Gasteiger partial charge in [-0.2, -0.15) is 0 Å². The van der Waals surface area contributed by atoms with Gasteiger partial charge < -0.3 is 9.84 Å². The van der Waals surface area contributed by atoms with Crippen molar-refractivity contribution in [3.63, 3.8) is 0 Å². The van der Waals surface area contributed by atoms with Gasteiger partial charge in [0.2, 0.25) is 11.8 Å². The van der Waals surface area contributed by atoms with Crippen molar-refractivity contribution < 1.29 is 24.2 Å². The molecule has 2 aliphatic heterocycles. The summed E-state index contributed by atoms with van der Waals surface area (Å²) < 4.78 is 6.29. The van der Waals surface area contributed by atoms with Crippen LogP contribution in [0.4, 0.5) is 0 Å². The number of methoxy groups -OCH3 is 1. The first-order chi connectivity index (χ1) is 13.9. The Labute approximate surface area is 185 Å². The minimum Gasteiger partial charge on any atom is -0.496 e. The van der Waals surface area contributed by atoms with Gasteiger partial charge in [0, 0.05) is 21.6 Å². The molecule has 2 N–H and O–H groups in total. The fourth-order valence-electron chi connectivity index (χ4n) is 5.00. The van der Waals surface area contributed by atoms with Crippen LogP contribution in [0, 0.1) is 17.8 Å². The summed E-state index contributed by atoms with van der Waals surface area (Å²) in [6, 6.07) is 4.73. The number of carboxylic acids is 1. The van der Waals surface area contributed by atoms with Crippen molar-refractivity contribution >= 4 is 33.7 Å². The van der Waals surface area contributed by atoms with E-state index >= 15 is 0 Å². The van der Waals surface area contributed by atoms with E-state index in [0.717, 1.165) is 4.47 Å². The van der Waals surface area contributed by atoms with Gasteiger partial charge in [0.05, 0.1) is 18.9 Å². The lowest BCUT2D eigenvalue weighted by atomic mass is 9.72. The molecule has 1 aromatic rings. The van der Waals surface area contributed by atoms with Gasteiger partial charge in [0.25, 0.3) is 0 Å². The predicted octanol–water partition coefficient (Wildman–Crippen LogP) is 3.37. The third-order valence-corrected chi connectivity index (χ3v) is 7.03. The van der Waals surface area contributed by atoms with E-state index in [1.54, 1.807) is 26.8 Å². The van der Waals surface area contributed by atoms with E-state index in [4.69, 9.17) is 4.74 Å². The Morgan fingerprint density at radius 1 is 1.33 bits per heavy atom. The second-order valence-electron chi connectivity index (χ2n) is 9.18. The van der Waals surface area contributed by atoms with Gasteiger partial charge in [-0.25, -0.2) is 0 Å². The highest BCUT2D eigenvalue weighted by Gasteiger charge is 2.71. The largest absolute Gasteiger partial charge is 0.496 e. The normalized spacial score (nSPS) is 29.8. The van der Waals surface area contributed by atoms with Crippen LogP contribution in [-0.4, -0.2) is 46.0 Å². The number of rotatable bonds is 5. The maximum atomic E-state index is 13.6. The molecule has 5 atom stereocenters. The predicted molar refractivity (Wildman–Crippen MR) is 115 cm³/mol. The number of imide groups is 1. The number of likely N-dealkylation sites (tertiary alicyclic amines) is 1. The van der Waals surface area contributed by atoms with E-state index < -0.39 is 40.8 Å². The van der Waals surface area contributed by atoms with Gasteiger partial charge in [-0.05, 0) is 44.9 Å². The molecule has 7 nitrogen and oxygen atoms in total. The molecule has 0 spiro atoms. The van der Waals surface area contributed by atoms with E-state index in [0.29, 0.717) is 17.7 Å². The number of hydrogen-bond acceptors (Lipinski definition) is 5. The second-order valence-corrected chi connectivity index (χ2v) is 10.1. The number of halogens is 1. The van der Waals surface area contributed by atoms with Crippen molar-refractivity contribution in [2.24, 2.45) is 17.8 Å². The summed E-state index contributed by atoms with van der Waals surface area (Å²) in [7, 11) is 1.53. The van der Waals surface area contributed by atoms with Gasteiger partial charge >= 0.3 is 5.97 Å². The molecule has 5 unspecified atom stereocenters. The lowest BCUT2D eigenvalue weighted by Crippen LogP contribution is -2.60. The minimum absolute atomic E-state index is 0.344. The van der Waals surface area contributed by atoms with E-state index in [-0.39, 0.29) is 11.8 Å². The molecule has 0 radical (unpaired) electrons. The van der Waals surface area contributed by atoms with Crippen LogP contribution in [0.3, 0.4) is 0 Å². The third-order valence-electron chi connectivity index (χ3n) is 6.54. The average Bonchev–Trinajstić information content (AvgIpc) is 3.15. The maximum Gasteiger partial charge on any atom is 0.325 e. The molecule has 164 valence electrons. The van der Waals surface area contributed by atoms with E-state index in [9.17, 15) is 19.5 Å². The average molecular weight is 481 g/mol. The number of nitrogens with one attached hydrogen (secondary N) is 1. The Hall–Kier alpha value is -1.93. The van der Waals surface area contributed by atoms with Gasteiger partial charge in [-0.1, -0.05) is 36.2 Å². The van der Waals surface area contributed by atoms with Crippen LogP contribution in [0.15, 0.2) is 22.7 Å². The monoisotopic (exact) mass is 480 g/mol. The summed E-state index contributed by atoms with van der Waals surface area (Å²) in [5.74, 6) is -3.54. The molecular weight excluding hydrogens is 452 g/mol. The van der Waals surface area contributed by atoms with Gasteiger partial charge in [0.15, 0.2) is 0 Å². The summed E-state index contributed by atoms with van der Waals surface area (Å²) in [6.45, 7) is 9.07. The molecule has 8 heteroatoms. The van der Waals surface area contributed by atoms with Crippen LogP contribution in [0.25, 0.3) is 0 Å². The number of nitrogens with zero attached hydrogens (tertiary/aromatic N) is 1. The number of carbonyl (C=O) groups is 3. The Kier molecular flexibility index (Phi) is 5.79. The number of carboxylic acid groups (broad SMARTS) is 1. The molecule has 3 rings (SSSR count). The zero-order valence-corrected chi connectivity index (χ0v) is 19.7. The van der Waals surface area contributed by atoms with E-state index in [1.165, 1.54) is 12.0 Å². The number of amides is 2. The van der Waals surface area contributed by atoms with Gasteiger partial charge in [-0.15, -0.1) is 0 Å². The molecule has 1 aromatic carbocycles. The van der Waals surface area contributed by atoms with Crippen LogP contribution in [0.2, 0.25) is 0 Å². The topological polar surface area (TPSA) is 95.9 Å². The molecule has 30 heavy (non-hydrogen) atoms. The first-order valence-corrected chi connectivity index (χ1v) is 10.9. The van der Waals surface area contributed by atoms with Crippen molar-refractivity contribution in [1.29, 1.82) is 0 Å². The number of carbonyl (C=O) groups excluding carboxylic acids is 2. The smallest absolute Gasteiger partial charge is 0.325 e. The Bertz CT molecular complexity index is 896. The summed E-state index contributed by atoms with van der Waals surface area (Å²) in [4.78, 5) is 41.0. The summed E-state index contributed by atoms with van der Waals surface area (Å²) in [6.07, 6.45) is 0.543. The van der Waals surface area contributed by atoms with Crippen LogP contribution in [0.5, 0.6) is 5.75 Å². The molecule has 0 aliphatic carbocycles. The lowest BCUT2D eigenvalue weighted by Gasteiger charge is -2.38. The standard InChI is InChI=1S/C22H29BrN2O5/c1-7-11(2)22(20(28)29)16-15(18(26)25(19(16)27)21(3,4)5)17(24-22)13-10-12(23)8-9-14(13)30-6/h8-11,15-17,24H,7H2,1-6H3,(H,28,29). The Morgan fingerprint density at radius 2 is 1.97 bits per heavy atom. The number of aliphatic carboxylic acids is 1. The maximum absolute atomic E-state index is 13.6. The zero-order valence-electron chi connectivity index (χ0n) is 18.2. The second kappa shape index (κ2) is 7.64. The van der Waals surface area contributed by atoms with Crippen LogP contribution in [0.1, 0.15) is 52.6 Å². The molecule has 0 aromatic heterocycles. The van der Waals surface area contributed by atoms with Gasteiger partial charge in [0.1, 0.15) is 11.3 Å². The molecule has 2 heterocycles. The summed E-state index contributed by atoms with van der Waals surface area (Å²) in [5.41, 5.74) is -1.64. The number of ether oxygens (including phenoxy) is 1. The zero-order chi connectivity index (χ0) is 22.6. The molecule has 0 saturated carbocycles. The molecule has 0 bridgehead atoms. The van der Waals surface area contributed by atoms with Crippen molar-refractivity contribution in [2.75, 3.05) is 7.11 Å². The number of benzene rings is 1. The fourth-order valence-corrected chi connectivity index (χ4v) is 5.38. The van der Waals surface area contributed by atoms with Crippen molar-refractivity contribution in [3.05, 3.63) is 28.2 Å². The summed E-state index contributed by atoms with van der Waals surface area (Å²) in [5, 5.41) is 13.6. The number of fused-ring (bicyclic) bond motifs is 1. The quantitative estimate of drug-likeness (QED) is 0.627. The van der Waals surface area contributed by atoms with E-state index in [1.807, 2.05) is 26.0 Å². The molecule has 2 saturated heterocycles. The first-order valence-electron chi connectivity index (χ1n) is 10.1.